The first-order chi connectivity index (χ1) is 15.3. The van der Waals surface area contributed by atoms with Crippen molar-refractivity contribution in [1.82, 2.24) is 15.5 Å². The molecule has 0 bridgehead atoms. The summed E-state index contributed by atoms with van der Waals surface area (Å²) in [4.78, 5) is 2.70. The van der Waals surface area contributed by atoms with Gasteiger partial charge in [0.2, 0.25) is 0 Å². The highest BCUT2D eigenvalue weighted by Gasteiger charge is 2.04. The third kappa shape index (κ3) is 26.0. The molecule has 31 heavy (non-hydrogen) atoms. The van der Waals surface area contributed by atoms with Crippen LogP contribution >= 0.6 is 0 Å². The highest BCUT2D eigenvalue weighted by molar-refractivity contribution is 4.63. The maximum absolute atomic E-state index is 3.70. The lowest BCUT2D eigenvalue weighted by Gasteiger charge is -2.23. The van der Waals surface area contributed by atoms with Crippen LogP contribution in [0.15, 0.2) is 0 Å². The van der Waals surface area contributed by atoms with Gasteiger partial charge in [0.1, 0.15) is 0 Å². The molecule has 0 aliphatic carbocycles. The summed E-state index contributed by atoms with van der Waals surface area (Å²) in [5, 5.41) is 7.40. The van der Waals surface area contributed by atoms with Gasteiger partial charge in [0, 0.05) is 26.2 Å². The van der Waals surface area contributed by atoms with Crippen molar-refractivity contribution >= 4 is 0 Å². The SMILES string of the molecule is CCCCCCCCNCCN(CCCCCCCC)CCNCCCCCCCC. The standard InChI is InChI=1S/C28H61N3/c1-4-7-10-13-16-19-22-29-24-27-31(26-21-18-15-12-9-6-3)28-25-30-23-20-17-14-11-8-5-2/h29-30H,4-28H2,1-3H3. The van der Waals surface area contributed by atoms with Crippen LogP contribution in [0.2, 0.25) is 0 Å². The maximum Gasteiger partial charge on any atom is 0.0107 e. The minimum Gasteiger partial charge on any atom is -0.315 e. The van der Waals surface area contributed by atoms with Crippen LogP contribution < -0.4 is 10.6 Å². The van der Waals surface area contributed by atoms with Crippen molar-refractivity contribution in [3.8, 4) is 0 Å². The molecule has 188 valence electrons. The van der Waals surface area contributed by atoms with E-state index in [2.05, 4.69) is 36.3 Å². The van der Waals surface area contributed by atoms with Crippen LogP contribution in [0.4, 0.5) is 0 Å². The number of unbranched alkanes of at least 4 members (excludes halogenated alkanes) is 15. The van der Waals surface area contributed by atoms with Crippen LogP contribution in [0.1, 0.15) is 136 Å². The first kappa shape index (κ1) is 30.9. The van der Waals surface area contributed by atoms with E-state index in [0.717, 1.165) is 13.1 Å². The Kier molecular flexibility index (Phi) is 27.8. The van der Waals surface area contributed by atoms with E-state index in [0.29, 0.717) is 0 Å². The molecule has 3 heteroatoms. The van der Waals surface area contributed by atoms with E-state index in [-0.39, 0.29) is 0 Å². The summed E-state index contributed by atoms with van der Waals surface area (Å²) in [6, 6.07) is 0. The fourth-order valence-corrected chi connectivity index (χ4v) is 4.24. The molecule has 0 fully saturated rings. The Morgan fingerprint density at radius 2 is 0.710 bits per heavy atom. The molecule has 0 rings (SSSR count). The highest BCUT2D eigenvalue weighted by Crippen LogP contribution is 2.07. The van der Waals surface area contributed by atoms with Crippen LogP contribution in [0.25, 0.3) is 0 Å². The van der Waals surface area contributed by atoms with Crippen molar-refractivity contribution in [2.24, 2.45) is 0 Å². The predicted octanol–water partition coefficient (Wildman–Crippen LogP) is 7.55. The molecule has 0 atom stereocenters. The zero-order valence-electron chi connectivity index (χ0n) is 22.1. The third-order valence-corrected chi connectivity index (χ3v) is 6.45. The molecular weight excluding hydrogens is 378 g/mol. The number of nitrogens with zero attached hydrogens (tertiary/aromatic N) is 1. The predicted molar refractivity (Wildman–Crippen MR) is 142 cm³/mol. The van der Waals surface area contributed by atoms with E-state index in [1.54, 1.807) is 0 Å². The quantitative estimate of drug-likeness (QED) is 0.129. The number of nitrogens with one attached hydrogen (secondary N) is 2. The van der Waals surface area contributed by atoms with Gasteiger partial charge in [0.15, 0.2) is 0 Å². The topological polar surface area (TPSA) is 27.3 Å². The van der Waals surface area contributed by atoms with Gasteiger partial charge in [-0.1, -0.05) is 117 Å². The van der Waals surface area contributed by atoms with E-state index < -0.39 is 0 Å². The molecule has 0 spiro atoms. The van der Waals surface area contributed by atoms with Crippen molar-refractivity contribution in [2.45, 2.75) is 136 Å². The summed E-state index contributed by atoms with van der Waals surface area (Å²) in [5.74, 6) is 0. The molecule has 0 aromatic heterocycles. The van der Waals surface area contributed by atoms with Gasteiger partial charge < -0.3 is 15.5 Å². The van der Waals surface area contributed by atoms with Gasteiger partial charge in [-0.05, 0) is 38.9 Å². The smallest absolute Gasteiger partial charge is 0.0107 e. The summed E-state index contributed by atoms with van der Waals surface area (Å²) in [7, 11) is 0. The molecule has 0 radical (unpaired) electrons. The van der Waals surface area contributed by atoms with Crippen LogP contribution in [-0.2, 0) is 0 Å². The normalized spacial score (nSPS) is 11.6. The van der Waals surface area contributed by atoms with Crippen molar-refractivity contribution in [3.63, 3.8) is 0 Å². The molecule has 0 amide bonds. The second-order valence-corrected chi connectivity index (χ2v) is 9.64. The molecule has 0 aliphatic rings. The molecule has 2 N–H and O–H groups in total. The van der Waals surface area contributed by atoms with Crippen LogP contribution in [0, 0.1) is 0 Å². The van der Waals surface area contributed by atoms with Gasteiger partial charge in [0.05, 0.1) is 0 Å². The second kappa shape index (κ2) is 27.9. The van der Waals surface area contributed by atoms with Gasteiger partial charge in [-0.3, -0.25) is 0 Å². The second-order valence-electron chi connectivity index (χ2n) is 9.64. The third-order valence-electron chi connectivity index (χ3n) is 6.45. The van der Waals surface area contributed by atoms with Crippen molar-refractivity contribution in [3.05, 3.63) is 0 Å². The van der Waals surface area contributed by atoms with Gasteiger partial charge in [-0.2, -0.15) is 0 Å². The van der Waals surface area contributed by atoms with Crippen LogP contribution in [0.5, 0.6) is 0 Å². The maximum atomic E-state index is 3.70. The van der Waals surface area contributed by atoms with Crippen molar-refractivity contribution in [1.29, 1.82) is 0 Å². The van der Waals surface area contributed by atoms with E-state index in [1.165, 1.54) is 148 Å². The van der Waals surface area contributed by atoms with Gasteiger partial charge in [-0.25, -0.2) is 0 Å². The van der Waals surface area contributed by atoms with Gasteiger partial charge in [0.25, 0.3) is 0 Å². The zero-order chi connectivity index (χ0) is 22.7. The summed E-state index contributed by atoms with van der Waals surface area (Å²) in [6.45, 7) is 15.3. The molecule has 0 aromatic rings. The minimum absolute atomic E-state index is 1.15. The van der Waals surface area contributed by atoms with Crippen LogP contribution in [-0.4, -0.2) is 50.7 Å². The number of hydrogen-bond donors (Lipinski definition) is 2. The van der Waals surface area contributed by atoms with Crippen molar-refractivity contribution in [2.75, 3.05) is 45.8 Å². The molecule has 3 nitrogen and oxygen atoms in total. The van der Waals surface area contributed by atoms with Gasteiger partial charge in [-0.15, -0.1) is 0 Å². The van der Waals surface area contributed by atoms with Crippen molar-refractivity contribution < 1.29 is 0 Å². The minimum atomic E-state index is 1.15. The Bertz CT molecular complexity index is 287. The lowest BCUT2D eigenvalue weighted by molar-refractivity contribution is 0.265. The number of rotatable bonds is 27. The molecule has 0 aromatic carbocycles. The molecule has 0 saturated carbocycles. The Balaban J connectivity index is 3.79. The monoisotopic (exact) mass is 439 g/mol. The summed E-state index contributed by atoms with van der Waals surface area (Å²) in [6.07, 6.45) is 25.1. The Hall–Kier alpha value is -0.120. The highest BCUT2D eigenvalue weighted by atomic mass is 15.1. The van der Waals surface area contributed by atoms with Crippen LogP contribution in [0.3, 0.4) is 0 Å². The molecule has 0 unspecified atom stereocenters. The lowest BCUT2D eigenvalue weighted by atomic mass is 10.1. The largest absolute Gasteiger partial charge is 0.315 e. The zero-order valence-corrected chi connectivity index (χ0v) is 22.1. The first-order valence-corrected chi connectivity index (χ1v) is 14.5. The van der Waals surface area contributed by atoms with E-state index in [1.807, 2.05) is 0 Å². The van der Waals surface area contributed by atoms with Gasteiger partial charge >= 0.3 is 0 Å². The molecule has 0 saturated heterocycles. The summed E-state index contributed by atoms with van der Waals surface area (Å²) >= 11 is 0. The average Bonchev–Trinajstić information content (AvgIpc) is 2.78. The average molecular weight is 440 g/mol. The molecule has 0 heterocycles. The Morgan fingerprint density at radius 3 is 1.13 bits per heavy atom. The summed E-state index contributed by atoms with van der Waals surface area (Å²) in [5.41, 5.74) is 0. The lowest BCUT2D eigenvalue weighted by Crippen LogP contribution is -2.38. The Morgan fingerprint density at radius 1 is 0.355 bits per heavy atom. The van der Waals surface area contributed by atoms with E-state index in [4.69, 9.17) is 0 Å². The summed E-state index contributed by atoms with van der Waals surface area (Å²) < 4.78 is 0. The molecular formula is C28H61N3. The first-order valence-electron chi connectivity index (χ1n) is 14.5. The molecule has 0 aliphatic heterocycles. The fourth-order valence-electron chi connectivity index (χ4n) is 4.24. The van der Waals surface area contributed by atoms with E-state index >= 15 is 0 Å². The van der Waals surface area contributed by atoms with E-state index in [9.17, 15) is 0 Å². The fraction of sp³-hybridized carbons (Fsp3) is 1.00. The number of hydrogen-bond acceptors (Lipinski definition) is 3. The Labute approximate surface area is 197 Å².